The highest BCUT2D eigenvalue weighted by molar-refractivity contribution is 9.11. The molecule has 0 N–H and O–H groups in total. The van der Waals surface area contributed by atoms with Crippen LogP contribution in [0.4, 0.5) is 5.82 Å². The van der Waals surface area contributed by atoms with E-state index in [0.717, 1.165) is 27.9 Å². The first-order valence-corrected chi connectivity index (χ1v) is 8.55. The average molecular weight is 389 g/mol. The number of piperazine rings is 1. The Morgan fingerprint density at radius 1 is 1.26 bits per heavy atom. The van der Waals surface area contributed by atoms with Crippen LogP contribution in [0.1, 0.15) is 26.2 Å². The normalized spacial score (nSPS) is 28.3. The maximum absolute atomic E-state index is 4.60. The summed E-state index contributed by atoms with van der Waals surface area (Å²) < 4.78 is 2.10. The largest absolute Gasteiger partial charge is 0.350 e. The predicted molar refractivity (Wildman–Crippen MR) is 85.7 cm³/mol. The van der Waals surface area contributed by atoms with Gasteiger partial charge in [-0.05, 0) is 64.2 Å². The van der Waals surface area contributed by atoms with Gasteiger partial charge in [-0.25, -0.2) is 4.98 Å². The lowest BCUT2D eigenvalue weighted by Crippen LogP contribution is -2.59. The molecule has 0 radical (unpaired) electrons. The molecule has 2 fully saturated rings. The molecule has 0 spiro atoms. The van der Waals surface area contributed by atoms with E-state index in [1.165, 1.54) is 25.8 Å². The Hall–Kier alpha value is -0.130. The van der Waals surface area contributed by atoms with E-state index in [1.54, 1.807) is 0 Å². The minimum atomic E-state index is 0.527. The smallest absolute Gasteiger partial charge is 0.143 e. The number of aromatic nitrogens is 1. The molecular weight excluding hydrogens is 370 g/mol. The molecule has 2 aliphatic rings. The number of anilines is 1. The molecule has 1 aromatic rings. The zero-order valence-corrected chi connectivity index (χ0v) is 14.3. The minimum absolute atomic E-state index is 0.527. The van der Waals surface area contributed by atoms with Gasteiger partial charge in [0.1, 0.15) is 5.82 Å². The van der Waals surface area contributed by atoms with E-state index in [-0.39, 0.29) is 0 Å². The molecule has 104 valence electrons. The second kappa shape index (κ2) is 5.70. The molecule has 3 rings (SSSR count). The molecular formula is C14H19Br2N3. The van der Waals surface area contributed by atoms with E-state index in [0.29, 0.717) is 12.1 Å². The number of rotatable bonds is 1. The van der Waals surface area contributed by atoms with Crippen molar-refractivity contribution in [1.82, 2.24) is 9.88 Å². The highest BCUT2D eigenvalue weighted by Crippen LogP contribution is 2.32. The van der Waals surface area contributed by atoms with Crippen LogP contribution in [0.25, 0.3) is 0 Å². The van der Waals surface area contributed by atoms with Crippen LogP contribution < -0.4 is 4.90 Å². The fraction of sp³-hybridized carbons (Fsp3) is 0.643. The third-order valence-electron chi connectivity index (χ3n) is 4.25. The van der Waals surface area contributed by atoms with Crippen molar-refractivity contribution in [2.45, 2.75) is 38.3 Å². The quantitative estimate of drug-likeness (QED) is 0.731. The maximum atomic E-state index is 4.60. The molecule has 0 amide bonds. The summed E-state index contributed by atoms with van der Waals surface area (Å²) in [5.41, 5.74) is 0. The molecule has 0 aliphatic carbocycles. The number of halogens is 2. The Morgan fingerprint density at radius 3 is 2.89 bits per heavy atom. The number of hydrogen-bond acceptors (Lipinski definition) is 3. The number of pyridine rings is 1. The van der Waals surface area contributed by atoms with Gasteiger partial charge in [0.2, 0.25) is 0 Å². The van der Waals surface area contributed by atoms with Gasteiger partial charge in [-0.1, -0.05) is 6.42 Å². The van der Waals surface area contributed by atoms with Crippen molar-refractivity contribution in [3.63, 3.8) is 0 Å². The number of hydrogen-bond donors (Lipinski definition) is 0. The Bertz CT molecular complexity index is 466. The van der Waals surface area contributed by atoms with Crippen molar-refractivity contribution in [1.29, 1.82) is 0 Å². The number of piperidine rings is 1. The number of fused-ring (bicyclic) bond motifs is 1. The second-order valence-corrected chi connectivity index (χ2v) is 7.37. The van der Waals surface area contributed by atoms with Crippen LogP contribution in [0.5, 0.6) is 0 Å². The molecule has 0 saturated carbocycles. The SMILES string of the molecule is CC1CN2CCCCC2CN1c1ncc(Br)cc1Br. The highest BCUT2D eigenvalue weighted by atomic mass is 79.9. The summed E-state index contributed by atoms with van der Waals surface area (Å²) in [7, 11) is 0. The molecule has 2 saturated heterocycles. The lowest BCUT2D eigenvalue weighted by molar-refractivity contribution is 0.115. The molecule has 0 bridgehead atoms. The summed E-state index contributed by atoms with van der Waals surface area (Å²) in [6.07, 6.45) is 5.96. The average Bonchev–Trinajstić information content (AvgIpc) is 2.38. The zero-order valence-electron chi connectivity index (χ0n) is 11.1. The Labute approximate surface area is 131 Å². The maximum Gasteiger partial charge on any atom is 0.143 e. The van der Waals surface area contributed by atoms with Crippen molar-refractivity contribution < 1.29 is 0 Å². The minimum Gasteiger partial charge on any atom is -0.350 e. The second-order valence-electron chi connectivity index (χ2n) is 5.60. The topological polar surface area (TPSA) is 19.4 Å². The fourth-order valence-electron chi connectivity index (χ4n) is 3.27. The Morgan fingerprint density at radius 2 is 2.11 bits per heavy atom. The van der Waals surface area contributed by atoms with E-state index in [9.17, 15) is 0 Å². The van der Waals surface area contributed by atoms with Crippen LogP contribution in [0, 0.1) is 0 Å². The monoisotopic (exact) mass is 387 g/mol. The van der Waals surface area contributed by atoms with Crippen molar-refractivity contribution in [3.8, 4) is 0 Å². The van der Waals surface area contributed by atoms with Crippen molar-refractivity contribution >= 4 is 37.7 Å². The predicted octanol–water partition coefficient (Wildman–Crippen LogP) is 3.67. The van der Waals surface area contributed by atoms with Gasteiger partial charge < -0.3 is 4.90 Å². The standard InChI is InChI=1S/C14H19Br2N3/c1-10-8-18-5-3-2-4-12(18)9-19(10)14-13(16)6-11(15)7-17-14/h6-7,10,12H,2-5,8-9H2,1H3. The number of nitrogens with zero attached hydrogens (tertiary/aromatic N) is 3. The first-order chi connectivity index (χ1) is 9.15. The van der Waals surface area contributed by atoms with E-state index in [2.05, 4.69) is 59.6 Å². The lowest BCUT2D eigenvalue weighted by Gasteiger charge is -2.48. The first-order valence-electron chi connectivity index (χ1n) is 6.97. The summed E-state index contributed by atoms with van der Waals surface area (Å²) in [4.78, 5) is 9.73. The molecule has 0 aromatic carbocycles. The molecule has 1 aromatic heterocycles. The fourth-order valence-corrected chi connectivity index (χ4v) is 4.48. The van der Waals surface area contributed by atoms with Crippen LogP contribution >= 0.6 is 31.9 Å². The van der Waals surface area contributed by atoms with Crippen LogP contribution in [0.2, 0.25) is 0 Å². The van der Waals surface area contributed by atoms with Gasteiger partial charge in [0.25, 0.3) is 0 Å². The van der Waals surface area contributed by atoms with Gasteiger partial charge in [0.15, 0.2) is 0 Å². The molecule has 5 heteroatoms. The van der Waals surface area contributed by atoms with Crippen LogP contribution in [0.3, 0.4) is 0 Å². The first kappa shape index (κ1) is 13.8. The van der Waals surface area contributed by atoms with Crippen LogP contribution in [0.15, 0.2) is 21.2 Å². The zero-order chi connectivity index (χ0) is 13.4. The summed E-state index contributed by atoms with van der Waals surface area (Å²) in [6, 6.07) is 3.32. The van der Waals surface area contributed by atoms with Crippen molar-refractivity contribution in [2.75, 3.05) is 24.5 Å². The Balaban J connectivity index is 1.83. The molecule has 3 nitrogen and oxygen atoms in total. The van der Waals surface area contributed by atoms with Gasteiger partial charge in [-0.15, -0.1) is 0 Å². The molecule has 3 heterocycles. The van der Waals surface area contributed by atoms with Crippen LogP contribution in [-0.2, 0) is 0 Å². The van der Waals surface area contributed by atoms with Gasteiger partial charge in [0, 0.05) is 35.8 Å². The highest BCUT2D eigenvalue weighted by Gasteiger charge is 2.34. The summed E-state index contributed by atoms with van der Waals surface area (Å²) >= 11 is 7.12. The van der Waals surface area contributed by atoms with Gasteiger partial charge in [-0.2, -0.15) is 0 Å². The summed E-state index contributed by atoms with van der Waals surface area (Å²) in [5.74, 6) is 1.08. The van der Waals surface area contributed by atoms with Gasteiger partial charge in [0.05, 0.1) is 4.47 Å². The van der Waals surface area contributed by atoms with E-state index in [4.69, 9.17) is 0 Å². The van der Waals surface area contributed by atoms with E-state index >= 15 is 0 Å². The van der Waals surface area contributed by atoms with Crippen LogP contribution in [-0.4, -0.2) is 41.6 Å². The molecule has 2 atom stereocenters. The van der Waals surface area contributed by atoms with E-state index in [1.807, 2.05) is 6.20 Å². The van der Waals surface area contributed by atoms with Gasteiger partial charge in [-0.3, -0.25) is 4.90 Å². The van der Waals surface area contributed by atoms with Gasteiger partial charge >= 0.3 is 0 Å². The molecule has 19 heavy (non-hydrogen) atoms. The van der Waals surface area contributed by atoms with E-state index < -0.39 is 0 Å². The third kappa shape index (κ3) is 2.83. The van der Waals surface area contributed by atoms with Crippen molar-refractivity contribution in [3.05, 3.63) is 21.2 Å². The molecule has 2 aliphatic heterocycles. The summed E-state index contributed by atoms with van der Waals surface area (Å²) in [6.45, 7) is 5.85. The third-order valence-corrected chi connectivity index (χ3v) is 5.26. The summed E-state index contributed by atoms with van der Waals surface area (Å²) in [5, 5.41) is 0. The lowest BCUT2D eigenvalue weighted by atomic mass is 9.97. The Kier molecular flexibility index (Phi) is 4.15. The van der Waals surface area contributed by atoms with Crippen molar-refractivity contribution in [2.24, 2.45) is 0 Å². The molecule has 2 unspecified atom stereocenters.